The summed E-state index contributed by atoms with van der Waals surface area (Å²) in [6, 6.07) is 6.42. The first-order chi connectivity index (χ1) is 7.69. The Morgan fingerprint density at radius 1 is 1.44 bits per heavy atom. The van der Waals surface area contributed by atoms with Crippen LogP contribution in [0.5, 0.6) is 11.5 Å². The van der Waals surface area contributed by atoms with Crippen molar-refractivity contribution in [2.75, 3.05) is 6.61 Å². The minimum atomic E-state index is -0.548. The number of carbonyl (C=O) groups excluding carboxylic acids is 1. The van der Waals surface area contributed by atoms with Gasteiger partial charge in [-0.1, -0.05) is 12.1 Å². The number of phenols is 1. The van der Waals surface area contributed by atoms with Crippen molar-refractivity contribution in [2.24, 2.45) is 0 Å². The fourth-order valence-electron chi connectivity index (χ4n) is 1.08. The van der Waals surface area contributed by atoms with Gasteiger partial charge in [-0.3, -0.25) is 0 Å². The Hall–Kier alpha value is -1.97. The van der Waals surface area contributed by atoms with E-state index in [-0.39, 0.29) is 23.9 Å². The molecule has 4 heteroatoms. The van der Waals surface area contributed by atoms with E-state index in [1.807, 2.05) is 0 Å². The number of esters is 1. The number of aromatic hydroxyl groups is 1. The lowest BCUT2D eigenvalue weighted by atomic mass is 10.3. The van der Waals surface area contributed by atoms with Gasteiger partial charge in [-0.2, -0.15) is 0 Å². The van der Waals surface area contributed by atoms with Crippen LogP contribution in [-0.2, 0) is 9.53 Å². The highest BCUT2D eigenvalue weighted by atomic mass is 16.6. The highest BCUT2D eigenvalue weighted by molar-refractivity contribution is 5.86. The minimum Gasteiger partial charge on any atom is -0.504 e. The molecule has 16 heavy (non-hydrogen) atoms. The van der Waals surface area contributed by atoms with Crippen molar-refractivity contribution < 1.29 is 19.4 Å². The van der Waals surface area contributed by atoms with Crippen molar-refractivity contribution >= 4 is 5.97 Å². The quantitative estimate of drug-likeness (QED) is 0.482. The van der Waals surface area contributed by atoms with Crippen molar-refractivity contribution in [2.45, 2.75) is 13.8 Å². The molecule has 1 N–H and O–H groups in total. The van der Waals surface area contributed by atoms with Crippen LogP contribution in [0.15, 0.2) is 36.1 Å². The molecule has 0 saturated carbocycles. The van der Waals surface area contributed by atoms with Crippen LogP contribution in [0.2, 0.25) is 0 Å². The molecule has 0 aliphatic rings. The molecular formula is C12H14O4. The molecule has 1 aromatic carbocycles. The van der Waals surface area contributed by atoms with Gasteiger partial charge in [-0.15, -0.1) is 0 Å². The molecule has 0 fully saturated rings. The lowest BCUT2D eigenvalue weighted by Gasteiger charge is -2.09. The molecule has 1 aromatic rings. The number of benzene rings is 1. The van der Waals surface area contributed by atoms with Gasteiger partial charge in [0.05, 0.1) is 6.61 Å². The number of allylic oxidation sites excluding steroid dienone is 1. The summed E-state index contributed by atoms with van der Waals surface area (Å²) in [7, 11) is 0. The van der Waals surface area contributed by atoms with Crippen molar-refractivity contribution in [3.63, 3.8) is 0 Å². The van der Waals surface area contributed by atoms with Crippen LogP contribution >= 0.6 is 0 Å². The summed E-state index contributed by atoms with van der Waals surface area (Å²) in [6.45, 7) is 3.65. The Morgan fingerprint density at radius 3 is 2.69 bits per heavy atom. The standard InChI is InChI=1S/C12H14O4/c1-3-10(12(14)15-4-2)16-11-8-6-5-7-9(11)13/h3,5-8,13H,4H2,1-2H3/b10-3+. The SMILES string of the molecule is C/C=C(/Oc1ccccc1O)C(=O)OCC. The molecule has 0 atom stereocenters. The average Bonchev–Trinajstić information content (AvgIpc) is 2.28. The van der Waals surface area contributed by atoms with Gasteiger partial charge in [0.25, 0.3) is 0 Å². The molecule has 0 aromatic heterocycles. The largest absolute Gasteiger partial charge is 0.504 e. The van der Waals surface area contributed by atoms with Crippen molar-refractivity contribution in [1.82, 2.24) is 0 Å². The monoisotopic (exact) mass is 222 g/mol. The first-order valence-corrected chi connectivity index (χ1v) is 4.98. The smallest absolute Gasteiger partial charge is 0.373 e. The van der Waals surface area contributed by atoms with E-state index in [1.165, 1.54) is 12.1 Å². The second kappa shape index (κ2) is 5.80. The number of carbonyl (C=O) groups is 1. The summed E-state index contributed by atoms with van der Waals surface area (Å²) in [6.07, 6.45) is 1.49. The van der Waals surface area contributed by atoms with Crippen molar-refractivity contribution in [3.8, 4) is 11.5 Å². The Morgan fingerprint density at radius 2 is 2.12 bits per heavy atom. The lowest BCUT2D eigenvalue weighted by Crippen LogP contribution is -2.12. The van der Waals surface area contributed by atoms with Crippen molar-refractivity contribution in [3.05, 3.63) is 36.1 Å². The topological polar surface area (TPSA) is 55.8 Å². The molecule has 0 spiro atoms. The third kappa shape index (κ3) is 3.02. The van der Waals surface area contributed by atoms with E-state index < -0.39 is 5.97 Å². The Kier molecular flexibility index (Phi) is 4.39. The van der Waals surface area contributed by atoms with Crippen molar-refractivity contribution in [1.29, 1.82) is 0 Å². The van der Waals surface area contributed by atoms with E-state index in [9.17, 15) is 9.90 Å². The molecule has 0 saturated heterocycles. The predicted molar refractivity (Wildman–Crippen MR) is 59.1 cm³/mol. The lowest BCUT2D eigenvalue weighted by molar-refractivity contribution is -0.141. The predicted octanol–water partition coefficient (Wildman–Crippen LogP) is 2.24. The van der Waals surface area contributed by atoms with E-state index in [0.717, 1.165) is 0 Å². The van der Waals surface area contributed by atoms with Gasteiger partial charge in [0, 0.05) is 0 Å². The van der Waals surface area contributed by atoms with Gasteiger partial charge in [0.2, 0.25) is 5.76 Å². The number of ether oxygens (including phenoxy) is 2. The average molecular weight is 222 g/mol. The highest BCUT2D eigenvalue weighted by Gasteiger charge is 2.13. The summed E-state index contributed by atoms with van der Waals surface area (Å²) in [4.78, 5) is 11.4. The van der Waals surface area contributed by atoms with Crippen LogP contribution in [0.4, 0.5) is 0 Å². The zero-order valence-corrected chi connectivity index (χ0v) is 9.27. The maximum atomic E-state index is 11.4. The summed E-state index contributed by atoms with van der Waals surface area (Å²) < 4.78 is 10.0. The van der Waals surface area contributed by atoms with E-state index in [0.29, 0.717) is 0 Å². The maximum absolute atomic E-state index is 11.4. The van der Waals surface area contributed by atoms with Crippen LogP contribution in [-0.4, -0.2) is 17.7 Å². The minimum absolute atomic E-state index is 0.0221. The van der Waals surface area contributed by atoms with E-state index >= 15 is 0 Å². The molecule has 1 rings (SSSR count). The third-order valence-electron chi connectivity index (χ3n) is 1.82. The van der Waals surface area contributed by atoms with Crippen LogP contribution in [0.25, 0.3) is 0 Å². The van der Waals surface area contributed by atoms with E-state index in [1.54, 1.807) is 32.0 Å². The normalized spacial score (nSPS) is 11.0. The van der Waals surface area contributed by atoms with Gasteiger partial charge in [-0.05, 0) is 32.1 Å². The molecule has 86 valence electrons. The number of rotatable bonds is 4. The maximum Gasteiger partial charge on any atom is 0.373 e. The Labute approximate surface area is 94.1 Å². The second-order valence-electron chi connectivity index (χ2n) is 2.94. The Balaban J connectivity index is 2.79. The van der Waals surface area contributed by atoms with Gasteiger partial charge in [-0.25, -0.2) is 4.79 Å². The first-order valence-electron chi connectivity index (χ1n) is 4.98. The third-order valence-corrected chi connectivity index (χ3v) is 1.82. The summed E-state index contributed by atoms with van der Waals surface area (Å²) in [5.41, 5.74) is 0. The molecular weight excluding hydrogens is 208 g/mol. The molecule has 0 radical (unpaired) electrons. The van der Waals surface area contributed by atoms with Crippen LogP contribution in [0.1, 0.15) is 13.8 Å². The fourth-order valence-corrected chi connectivity index (χ4v) is 1.08. The van der Waals surface area contributed by atoms with Crippen LogP contribution < -0.4 is 4.74 Å². The second-order valence-corrected chi connectivity index (χ2v) is 2.94. The number of hydrogen-bond acceptors (Lipinski definition) is 4. The van der Waals surface area contributed by atoms with Crippen LogP contribution in [0.3, 0.4) is 0 Å². The van der Waals surface area contributed by atoms with Gasteiger partial charge in [0.1, 0.15) is 0 Å². The van der Waals surface area contributed by atoms with Crippen LogP contribution in [0, 0.1) is 0 Å². The number of phenolic OH excluding ortho intramolecular Hbond substituents is 1. The van der Waals surface area contributed by atoms with Gasteiger partial charge in [0.15, 0.2) is 11.5 Å². The molecule has 0 aliphatic heterocycles. The number of hydrogen-bond donors (Lipinski definition) is 1. The summed E-state index contributed by atoms with van der Waals surface area (Å²) in [5, 5.41) is 9.46. The van der Waals surface area contributed by atoms with Gasteiger partial charge < -0.3 is 14.6 Å². The molecule has 0 heterocycles. The first kappa shape index (κ1) is 12.1. The molecule has 0 aliphatic carbocycles. The van der Waals surface area contributed by atoms with E-state index in [4.69, 9.17) is 9.47 Å². The zero-order chi connectivity index (χ0) is 12.0. The highest BCUT2D eigenvalue weighted by Crippen LogP contribution is 2.26. The van der Waals surface area contributed by atoms with Gasteiger partial charge >= 0.3 is 5.97 Å². The molecule has 0 unspecified atom stereocenters. The summed E-state index contributed by atoms with van der Waals surface area (Å²) in [5.74, 6) is -0.286. The molecule has 4 nitrogen and oxygen atoms in total. The number of para-hydroxylation sites is 2. The molecule has 0 amide bonds. The zero-order valence-electron chi connectivity index (χ0n) is 9.27. The fraction of sp³-hybridized carbons (Fsp3) is 0.250. The van der Waals surface area contributed by atoms with E-state index in [2.05, 4.69) is 0 Å². The summed E-state index contributed by atoms with van der Waals surface area (Å²) >= 11 is 0. The molecule has 0 bridgehead atoms. The Bertz CT molecular complexity index is 396.